The van der Waals surface area contributed by atoms with E-state index >= 15 is 0 Å². The summed E-state index contributed by atoms with van der Waals surface area (Å²) in [7, 11) is 1.91. The van der Waals surface area contributed by atoms with Gasteiger partial charge in [0.05, 0.1) is 16.0 Å². The first-order valence-corrected chi connectivity index (χ1v) is 6.54. The van der Waals surface area contributed by atoms with Crippen LogP contribution in [0.3, 0.4) is 0 Å². The molecule has 0 unspecified atom stereocenters. The predicted molar refractivity (Wildman–Crippen MR) is 81.1 cm³/mol. The van der Waals surface area contributed by atoms with Crippen LogP contribution in [-0.4, -0.2) is 14.5 Å². The molecule has 0 aliphatic heterocycles. The average Bonchev–Trinajstić information content (AvgIpc) is 2.82. The number of aromatic nitrogens is 2. The van der Waals surface area contributed by atoms with Crippen molar-refractivity contribution in [2.24, 2.45) is 7.05 Å². The molecule has 3 rings (SSSR count). The smallest absolute Gasteiger partial charge is 0.274 e. The summed E-state index contributed by atoms with van der Waals surface area (Å²) in [5.74, 6) is 0.689. The molecule has 1 aromatic heterocycles. The summed E-state index contributed by atoms with van der Waals surface area (Å²) in [5.41, 5.74) is 2.66. The molecule has 1 N–H and O–H groups in total. The number of rotatable bonds is 4. The Balaban J connectivity index is 1.87. The van der Waals surface area contributed by atoms with E-state index in [4.69, 9.17) is 0 Å². The molecule has 106 valence electrons. The molecular weight excluding hydrogens is 268 g/mol. The fourth-order valence-corrected chi connectivity index (χ4v) is 2.32. The summed E-state index contributed by atoms with van der Waals surface area (Å²) in [4.78, 5) is 15.1. The van der Waals surface area contributed by atoms with E-state index in [1.54, 1.807) is 18.2 Å². The van der Waals surface area contributed by atoms with Crippen LogP contribution in [0.5, 0.6) is 0 Å². The zero-order valence-corrected chi connectivity index (χ0v) is 11.5. The molecule has 0 aliphatic rings. The van der Waals surface area contributed by atoms with Crippen molar-refractivity contribution in [3.8, 4) is 0 Å². The lowest BCUT2D eigenvalue weighted by atomic mass is 10.2. The van der Waals surface area contributed by atoms with Crippen LogP contribution in [0.1, 0.15) is 5.56 Å². The topological polar surface area (TPSA) is 73.0 Å². The lowest BCUT2D eigenvalue weighted by molar-refractivity contribution is -0.385. The van der Waals surface area contributed by atoms with Crippen LogP contribution in [-0.2, 0) is 13.6 Å². The number of nitrogens with one attached hydrogen (secondary N) is 1. The van der Waals surface area contributed by atoms with Crippen molar-refractivity contribution in [2.75, 3.05) is 5.32 Å². The maximum absolute atomic E-state index is 11.0. The Bertz CT molecular complexity index is 810. The molecule has 0 bridgehead atoms. The van der Waals surface area contributed by atoms with Crippen LogP contribution in [0, 0.1) is 10.1 Å². The molecule has 0 saturated carbocycles. The van der Waals surface area contributed by atoms with Gasteiger partial charge in [0.15, 0.2) is 0 Å². The molecule has 1 heterocycles. The summed E-state index contributed by atoms with van der Waals surface area (Å²) in [5, 5.41) is 14.2. The number of benzene rings is 2. The van der Waals surface area contributed by atoms with E-state index in [0.29, 0.717) is 18.1 Å². The van der Waals surface area contributed by atoms with Gasteiger partial charge in [-0.05, 0) is 12.1 Å². The number of fused-ring (bicyclic) bond motifs is 1. The highest BCUT2D eigenvalue weighted by Gasteiger charge is 2.13. The fraction of sp³-hybridized carbons (Fsp3) is 0.133. The third-order valence-corrected chi connectivity index (χ3v) is 3.41. The molecule has 0 amide bonds. The number of para-hydroxylation sites is 3. The molecule has 21 heavy (non-hydrogen) atoms. The molecule has 3 aromatic rings. The average molecular weight is 282 g/mol. The maximum Gasteiger partial charge on any atom is 0.274 e. The number of anilines is 1. The lowest BCUT2D eigenvalue weighted by Crippen LogP contribution is -2.06. The standard InChI is InChI=1S/C15H14N4O2/c1-18-14-9-5-3-7-12(14)17-15(18)16-10-11-6-2-4-8-13(11)19(20)21/h2-9H,10H2,1H3,(H,16,17). The molecule has 6 heteroatoms. The number of nitrogens with zero attached hydrogens (tertiary/aromatic N) is 3. The van der Waals surface area contributed by atoms with E-state index in [9.17, 15) is 10.1 Å². The van der Waals surface area contributed by atoms with Crippen LogP contribution >= 0.6 is 0 Å². The molecule has 6 nitrogen and oxygen atoms in total. The van der Waals surface area contributed by atoms with Gasteiger partial charge < -0.3 is 9.88 Å². The lowest BCUT2D eigenvalue weighted by Gasteiger charge is -2.06. The Labute approximate surface area is 121 Å². The van der Waals surface area contributed by atoms with Crippen LogP contribution in [0.2, 0.25) is 0 Å². The molecular formula is C15H14N4O2. The number of hydrogen-bond donors (Lipinski definition) is 1. The zero-order valence-electron chi connectivity index (χ0n) is 11.5. The van der Waals surface area contributed by atoms with Crippen molar-refractivity contribution < 1.29 is 4.92 Å². The third kappa shape index (κ3) is 2.43. The van der Waals surface area contributed by atoms with Crippen LogP contribution in [0.15, 0.2) is 48.5 Å². The Morgan fingerprint density at radius 2 is 1.90 bits per heavy atom. The third-order valence-electron chi connectivity index (χ3n) is 3.41. The molecule has 0 saturated heterocycles. The molecule has 0 fully saturated rings. The van der Waals surface area contributed by atoms with E-state index < -0.39 is 0 Å². The van der Waals surface area contributed by atoms with Gasteiger partial charge in [-0.1, -0.05) is 30.3 Å². The van der Waals surface area contributed by atoms with E-state index in [1.807, 2.05) is 35.9 Å². The maximum atomic E-state index is 11.0. The predicted octanol–water partition coefficient (Wildman–Crippen LogP) is 3.09. The normalized spacial score (nSPS) is 10.7. The minimum absolute atomic E-state index is 0.115. The highest BCUT2D eigenvalue weighted by Crippen LogP contribution is 2.21. The number of aryl methyl sites for hydroxylation is 1. The number of imidazole rings is 1. The van der Waals surface area contributed by atoms with Crippen molar-refractivity contribution in [3.05, 3.63) is 64.2 Å². The summed E-state index contributed by atoms with van der Waals surface area (Å²) in [6.45, 7) is 0.355. The Kier molecular flexibility index (Phi) is 3.27. The highest BCUT2D eigenvalue weighted by molar-refractivity contribution is 5.78. The van der Waals surface area contributed by atoms with Gasteiger partial charge in [-0.25, -0.2) is 4.98 Å². The quantitative estimate of drug-likeness (QED) is 0.589. The fourth-order valence-electron chi connectivity index (χ4n) is 2.32. The van der Waals surface area contributed by atoms with Gasteiger partial charge in [0.1, 0.15) is 0 Å². The van der Waals surface area contributed by atoms with E-state index in [2.05, 4.69) is 10.3 Å². The summed E-state index contributed by atoms with van der Waals surface area (Å²) < 4.78 is 1.93. The second kappa shape index (κ2) is 5.24. The zero-order chi connectivity index (χ0) is 14.8. The summed E-state index contributed by atoms with van der Waals surface area (Å²) >= 11 is 0. The van der Waals surface area contributed by atoms with Crippen molar-refractivity contribution >= 4 is 22.7 Å². The van der Waals surface area contributed by atoms with E-state index in [0.717, 1.165) is 11.0 Å². The Hall–Kier alpha value is -2.89. The van der Waals surface area contributed by atoms with Gasteiger partial charge in [0.2, 0.25) is 5.95 Å². The molecule has 0 atom stereocenters. The van der Waals surface area contributed by atoms with Gasteiger partial charge in [-0.3, -0.25) is 10.1 Å². The largest absolute Gasteiger partial charge is 0.351 e. The van der Waals surface area contributed by atoms with Gasteiger partial charge in [-0.2, -0.15) is 0 Å². The van der Waals surface area contributed by atoms with Crippen LogP contribution in [0.4, 0.5) is 11.6 Å². The minimum Gasteiger partial charge on any atom is -0.351 e. The van der Waals surface area contributed by atoms with Crippen molar-refractivity contribution in [1.29, 1.82) is 0 Å². The van der Waals surface area contributed by atoms with Crippen LogP contribution < -0.4 is 5.32 Å². The number of nitro groups is 1. The number of nitro benzene ring substituents is 1. The first-order valence-electron chi connectivity index (χ1n) is 6.54. The number of hydrogen-bond acceptors (Lipinski definition) is 4. The molecule has 0 spiro atoms. The first kappa shape index (κ1) is 13.1. The summed E-state index contributed by atoms with van der Waals surface area (Å²) in [6.07, 6.45) is 0. The Morgan fingerprint density at radius 3 is 2.67 bits per heavy atom. The van der Waals surface area contributed by atoms with Crippen molar-refractivity contribution in [3.63, 3.8) is 0 Å². The summed E-state index contributed by atoms with van der Waals surface area (Å²) in [6, 6.07) is 14.5. The minimum atomic E-state index is -0.369. The highest BCUT2D eigenvalue weighted by atomic mass is 16.6. The Morgan fingerprint density at radius 1 is 1.19 bits per heavy atom. The van der Waals surface area contributed by atoms with Gasteiger partial charge >= 0.3 is 0 Å². The van der Waals surface area contributed by atoms with Gasteiger partial charge in [0, 0.05) is 25.2 Å². The molecule has 0 aliphatic carbocycles. The monoisotopic (exact) mass is 282 g/mol. The van der Waals surface area contributed by atoms with Gasteiger partial charge in [0.25, 0.3) is 5.69 Å². The van der Waals surface area contributed by atoms with Crippen molar-refractivity contribution in [2.45, 2.75) is 6.54 Å². The van der Waals surface area contributed by atoms with E-state index in [1.165, 1.54) is 6.07 Å². The second-order valence-corrected chi connectivity index (χ2v) is 4.72. The molecule has 2 aromatic carbocycles. The molecule has 0 radical (unpaired) electrons. The second-order valence-electron chi connectivity index (χ2n) is 4.72. The van der Waals surface area contributed by atoms with E-state index in [-0.39, 0.29) is 10.6 Å². The first-order chi connectivity index (χ1) is 10.2. The van der Waals surface area contributed by atoms with Crippen LogP contribution in [0.25, 0.3) is 11.0 Å². The van der Waals surface area contributed by atoms with Gasteiger partial charge in [-0.15, -0.1) is 0 Å². The SMILES string of the molecule is Cn1c(NCc2ccccc2[N+](=O)[O-])nc2ccccc21. The van der Waals surface area contributed by atoms with Crippen molar-refractivity contribution in [1.82, 2.24) is 9.55 Å².